The Hall–Kier alpha value is -3.36. The van der Waals surface area contributed by atoms with Gasteiger partial charge in [-0.3, -0.25) is 19.3 Å². The van der Waals surface area contributed by atoms with Crippen molar-refractivity contribution in [3.63, 3.8) is 0 Å². The smallest absolute Gasteiger partial charge is 0.339 e. The predicted octanol–water partition coefficient (Wildman–Crippen LogP) is 5.53. The van der Waals surface area contributed by atoms with E-state index in [9.17, 15) is 19.2 Å². The van der Waals surface area contributed by atoms with Crippen molar-refractivity contribution in [3.05, 3.63) is 81.2 Å². The monoisotopic (exact) mass is 498 g/mol. The number of hydrogen-bond acceptors (Lipinski definition) is 6. The van der Waals surface area contributed by atoms with Gasteiger partial charge in [0, 0.05) is 5.69 Å². The number of ether oxygens (including phenoxy) is 1. The maximum atomic E-state index is 12.7. The zero-order valence-corrected chi connectivity index (χ0v) is 20.2. The second kappa shape index (κ2) is 11.7. The molecule has 1 aliphatic heterocycles. The van der Waals surface area contributed by atoms with Crippen LogP contribution in [0.4, 0.5) is 10.5 Å². The minimum Gasteiger partial charge on any atom is -0.462 e. The molecule has 1 fully saturated rings. The topological polar surface area (TPSA) is 92.8 Å². The third-order valence-corrected chi connectivity index (χ3v) is 5.87. The number of nitrogens with zero attached hydrogens (tertiary/aromatic N) is 1. The normalized spacial score (nSPS) is 15.1. The van der Waals surface area contributed by atoms with Crippen LogP contribution in [0.2, 0.25) is 5.02 Å². The first kappa shape index (κ1) is 25.3. The molecule has 0 saturated carbocycles. The van der Waals surface area contributed by atoms with Crippen LogP contribution in [0.3, 0.4) is 0 Å². The van der Waals surface area contributed by atoms with E-state index in [-0.39, 0.29) is 22.1 Å². The third-order valence-electron chi connectivity index (χ3n) is 4.64. The number of anilines is 1. The second-order valence-electron chi connectivity index (χ2n) is 7.45. The van der Waals surface area contributed by atoms with Gasteiger partial charge in [0.2, 0.25) is 5.91 Å². The summed E-state index contributed by atoms with van der Waals surface area (Å²) in [5, 5.41) is 2.25. The fourth-order valence-corrected chi connectivity index (χ4v) is 4.16. The van der Waals surface area contributed by atoms with E-state index in [1.54, 1.807) is 6.08 Å². The fourth-order valence-electron chi connectivity index (χ4n) is 3.07. The Labute approximate surface area is 206 Å². The molecule has 34 heavy (non-hydrogen) atoms. The number of halogens is 1. The maximum absolute atomic E-state index is 12.7. The highest BCUT2D eigenvalue weighted by molar-refractivity contribution is 8.18. The molecule has 0 atom stereocenters. The van der Waals surface area contributed by atoms with Gasteiger partial charge < -0.3 is 10.1 Å². The molecule has 176 valence electrons. The number of rotatable bonds is 8. The van der Waals surface area contributed by atoms with Gasteiger partial charge in [-0.2, -0.15) is 0 Å². The highest BCUT2D eigenvalue weighted by atomic mass is 35.5. The molecule has 1 heterocycles. The molecule has 7 nitrogen and oxygen atoms in total. The van der Waals surface area contributed by atoms with Crippen LogP contribution in [0, 0.1) is 0 Å². The number of nitrogens with one attached hydrogen (secondary N) is 1. The van der Waals surface area contributed by atoms with Gasteiger partial charge in [0.1, 0.15) is 6.54 Å². The van der Waals surface area contributed by atoms with E-state index in [4.69, 9.17) is 16.3 Å². The van der Waals surface area contributed by atoms with Gasteiger partial charge in [0.05, 0.1) is 22.1 Å². The molecule has 2 aromatic rings. The Balaban J connectivity index is 1.66. The summed E-state index contributed by atoms with van der Waals surface area (Å²) in [5.41, 5.74) is 2.17. The fraction of sp³-hybridized carbons (Fsp3) is 0.200. The van der Waals surface area contributed by atoms with Crippen molar-refractivity contribution >= 4 is 58.1 Å². The number of esters is 1. The zero-order valence-electron chi connectivity index (χ0n) is 18.7. The Kier molecular flexibility index (Phi) is 8.67. The summed E-state index contributed by atoms with van der Waals surface area (Å²) >= 11 is 6.85. The van der Waals surface area contributed by atoms with Crippen LogP contribution in [0.25, 0.3) is 6.08 Å². The molecule has 3 rings (SSSR count). The lowest BCUT2D eigenvalue weighted by atomic mass is 10.1. The molecule has 0 bridgehead atoms. The summed E-state index contributed by atoms with van der Waals surface area (Å²) < 4.78 is 5.09. The number of thioether (sulfide) groups is 1. The molecular weight excluding hydrogens is 476 g/mol. The molecule has 1 N–H and O–H groups in total. The molecule has 3 amide bonds. The standard InChI is InChI=1S/C25H23ClN2O5S/c1-3-11-33-24(31)19-14-18(9-10-20(19)26)27-22(29)15-28-23(30)21(34-25(28)32)13-16(2)12-17-7-5-4-6-8-17/h4-10,12-14H,3,11,15H2,1-2H3,(H,27,29)/b16-12+,21-13+. The summed E-state index contributed by atoms with van der Waals surface area (Å²) in [5.74, 6) is -1.72. The van der Waals surface area contributed by atoms with E-state index in [2.05, 4.69) is 5.32 Å². The minimum absolute atomic E-state index is 0.114. The molecule has 1 saturated heterocycles. The van der Waals surface area contributed by atoms with Crippen LogP contribution in [0.1, 0.15) is 36.2 Å². The highest BCUT2D eigenvalue weighted by Gasteiger charge is 2.36. The summed E-state index contributed by atoms with van der Waals surface area (Å²) in [6, 6.07) is 14.0. The highest BCUT2D eigenvalue weighted by Crippen LogP contribution is 2.31. The Bertz CT molecular complexity index is 1180. The molecule has 2 aromatic carbocycles. The maximum Gasteiger partial charge on any atom is 0.339 e. The lowest BCUT2D eigenvalue weighted by Crippen LogP contribution is -2.36. The average Bonchev–Trinajstić information content (AvgIpc) is 3.06. The van der Waals surface area contributed by atoms with Crippen molar-refractivity contribution in [2.75, 3.05) is 18.5 Å². The number of amides is 3. The van der Waals surface area contributed by atoms with Gasteiger partial charge in [-0.25, -0.2) is 4.79 Å². The number of carbonyl (C=O) groups excluding carboxylic acids is 4. The van der Waals surface area contributed by atoms with Crippen molar-refractivity contribution in [2.45, 2.75) is 20.3 Å². The average molecular weight is 499 g/mol. The molecule has 0 aromatic heterocycles. The van der Waals surface area contributed by atoms with Gasteiger partial charge in [-0.1, -0.05) is 54.9 Å². The Morgan fingerprint density at radius 3 is 2.59 bits per heavy atom. The number of carbonyl (C=O) groups is 4. The Morgan fingerprint density at radius 1 is 1.15 bits per heavy atom. The quantitative estimate of drug-likeness (QED) is 0.380. The van der Waals surface area contributed by atoms with Crippen molar-refractivity contribution in [1.29, 1.82) is 0 Å². The van der Waals surface area contributed by atoms with E-state index in [0.29, 0.717) is 12.1 Å². The van der Waals surface area contributed by atoms with Crippen LogP contribution in [-0.2, 0) is 14.3 Å². The summed E-state index contributed by atoms with van der Waals surface area (Å²) in [4.78, 5) is 50.9. The van der Waals surface area contributed by atoms with E-state index in [0.717, 1.165) is 27.8 Å². The molecular formula is C25H23ClN2O5S. The number of benzene rings is 2. The Morgan fingerprint density at radius 2 is 1.88 bits per heavy atom. The second-order valence-corrected chi connectivity index (χ2v) is 8.85. The van der Waals surface area contributed by atoms with Gasteiger partial charge in [-0.15, -0.1) is 0 Å². The van der Waals surface area contributed by atoms with E-state index < -0.39 is 29.6 Å². The van der Waals surface area contributed by atoms with Crippen molar-refractivity contribution < 1.29 is 23.9 Å². The van der Waals surface area contributed by atoms with Crippen molar-refractivity contribution in [3.8, 4) is 0 Å². The first-order chi connectivity index (χ1) is 16.3. The lowest BCUT2D eigenvalue weighted by molar-refractivity contribution is -0.127. The van der Waals surface area contributed by atoms with Crippen LogP contribution < -0.4 is 5.32 Å². The SMILES string of the molecule is CCCOC(=O)c1cc(NC(=O)CN2C(=O)S/C(=C/C(C)=C/c3ccccc3)C2=O)ccc1Cl. The number of imide groups is 1. The molecule has 1 aliphatic rings. The zero-order chi connectivity index (χ0) is 24.7. The van der Waals surface area contributed by atoms with Gasteiger partial charge >= 0.3 is 5.97 Å². The first-order valence-electron chi connectivity index (χ1n) is 10.5. The third kappa shape index (κ3) is 6.59. The van der Waals surface area contributed by atoms with Crippen LogP contribution in [0.15, 0.2) is 65.1 Å². The molecule has 0 aliphatic carbocycles. The number of hydrogen-bond donors (Lipinski definition) is 1. The van der Waals surface area contributed by atoms with Crippen LogP contribution >= 0.6 is 23.4 Å². The minimum atomic E-state index is -0.599. The predicted molar refractivity (Wildman–Crippen MR) is 134 cm³/mol. The molecule has 0 spiro atoms. The number of allylic oxidation sites excluding steroid dienone is 2. The summed E-state index contributed by atoms with van der Waals surface area (Å²) in [7, 11) is 0. The summed E-state index contributed by atoms with van der Waals surface area (Å²) in [6.07, 6.45) is 4.18. The molecule has 0 radical (unpaired) electrons. The first-order valence-corrected chi connectivity index (χ1v) is 11.7. The van der Waals surface area contributed by atoms with Gasteiger partial charge in [0.25, 0.3) is 11.1 Å². The van der Waals surface area contributed by atoms with E-state index in [1.165, 1.54) is 18.2 Å². The van der Waals surface area contributed by atoms with Crippen LogP contribution in [0.5, 0.6) is 0 Å². The largest absolute Gasteiger partial charge is 0.462 e. The summed E-state index contributed by atoms with van der Waals surface area (Å²) in [6.45, 7) is 3.49. The van der Waals surface area contributed by atoms with Gasteiger partial charge in [0.15, 0.2) is 0 Å². The molecule has 9 heteroatoms. The van der Waals surface area contributed by atoms with Crippen LogP contribution in [-0.4, -0.2) is 41.1 Å². The van der Waals surface area contributed by atoms with E-state index >= 15 is 0 Å². The van der Waals surface area contributed by atoms with Gasteiger partial charge in [-0.05, 0) is 60.5 Å². The van der Waals surface area contributed by atoms with Crippen molar-refractivity contribution in [2.24, 2.45) is 0 Å². The van der Waals surface area contributed by atoms with E-state index in [1.807, 2.05) is 50.3 Å². The molecule has 0 unspecified atom stereocenters. The lowest BCUT2D eigenvalue weighted by Gasteiger charge is -2.13. The van der Waals surface area contributed by atoms with Crippen molar-refractivity contribution in [1.82, 2.24) is 4.90 Å².